The van der Waals surface area contributed by atoms with Crippen LogP contribution in [-0.4, -0.2) is 17.8 Å². The standard InChI is InChI=1S/C11H19NOS/c1-3-8(2)11(13)9(7-12)10-5-4-6-14-10/h4-6,8-9,11,13H,3,7,12H2,1-2H3. The topological polar surface area (TPSA) is 46.2 Å². The van der Waals surface area contributed by atoms with Gasteiger partial charge in [-0.15, -0.1) is 11.3 Å². The van der Waals surface area contributed by atoms with Gasteiger partial charge >= 0.3 is 0 Å². The maximum Gasteiger partial charge on any atom is 0.0654 e. The molecule has 3 heteroatoms. The highest BCUT2D eigenvalue weighted by Gasteiger charge is 2.24. The van der Waals surface area contributed by atoms with Gasteiger partial charge in [0.1, 0.15) is 0 Å². The average Bonchev–Trinajstić information content (AvgIpc) is 2.71. The average molecular weight is 213 g/mol. The van der Waals surface area contributed by atoms with E-state index >= 15 is 0 Å². The summed E-state index contributed by atoms with van der Waals surface area (Å²) in [6.07, 6.45) is 0.673. The second-order valence-electron chi connectivity index (χ2n) is 3.73. The second-order valence-corrected chi connectivity index (χ2v) is 4.71. The molecule has 3 unspecified atom stereocenters. The summed E-state index contributed by atoms with van der Waals surface area (Å²) in [6.45, 7) is 4.68. The molecule has 1 aromatic heterocycles. The van der Waals surface area contributed by atoms with Crippen LogP contribution in [0.1, 0.15) is 31.1 Å². The summed E-state index contributed by atoms with van der Waals surface area (Å²) in [6, 6.07) is 4.06. The van der Waals surface area contributed by atoms with Gasteiger partial charge in [-0.2, -0.15) is 0 Å². The minimum atomic E-state index is -0.316. The van der Waals surface area contributed by atoms with Gasteiger partial charge in [0, 0.05) is 17.3 Å². The third-order valence-electron chi connectivity index (χ3n) is 2.80. The first-order chi connectivity index (χ1) is 6.70. The van der Waals surface area contributed by atoms with Crippen molar-refractivity contribution in [1.82, 2.24) is 0 Å². The molecule has 0 aliphatic carbocycles. The molecule has 0 bridgehead atoms. The molecule has 80 valence electrons. The van der Waals surface area contributed by atoms with Crippen molar-refractivity contribution in [2.75, 3.05) is 6.54 Å². The predicted molar refractivity (Wildman–Crippen MR) is 61.6 cm³/mol. The van der Waals surface area contributed by atoms with E-state index in [1.165, 1.54) is 4.88 Å². The second kappa shape index (κ2) is 5.49. The normalized spacial score (nSPS) is 17.7. The molecule has 3 N–H and O–H groups in total. The molecule has 0 aromatic carbocycles. The third-order valence-corrected chi connectivity index (χ3v) is 3.81. The summed E-state index contributed by atoms with van der Waals surface area (Å²) < 4.78 is 0. The van der Waals surface area contributed by atoms with Crippen molar-refractivity contribution < 1.29 is 5.11 Å². The maximum atomic E-state index is 10.1. The summed E-state index contributed by atoms with van der Waals surface area (Å²) in [7, 11) is 0. The van der Waals surface area contributed by atoms with Crippen LogP contribution in [0.15, 0.2) is 17.5 Å². The fraction of sp³-hybridized carbons (Fsp3) is 0.636. The fourth-order valence-electron chi connectivity index (χ4n) is 1.56. The zero-order valence-electron chi connectivity index (χ0n) is 8.81. The van der Waals surface area contributed by atoms with Gasteiger partial charge in [0.05, 0.1) is 6.10 Å². The Hall–Kier alpha value is -0.380. The SMILES string of the molecule is CCC(C)C(O)C(CN)c1cccs1. The Bertz CT molecular complexity index is 248. The Morgan fingerprint density at radius 1 is 1.57 bits per heavy atom. The lowest BCUT2D eigenvalue weighted by atomic mass is 9.89. The van der Waals surface area contributed by atoms with E-state index in [1.54, 1.807) is 11.3 Å². The first kappa shape index (κ1) is 11.7. The molecule has 0 saturated heterocycles. The van der Waals surface area contributed by atoms with E-state index in [1.807, 2.05) is 17.5 Å². The van der Waals surface area contributed by atoms with E-state index in [4.69, 9.17) is 5.73 Å². The van der Waals surface area contributed by atoms with E-state index in [9.17, 15) is 5.11 Å². The smallest absolute Gasteiger partial charge is 0.0654 e. The number of aliphatic hydroxyl groups excluding tert-OH is 1. The highest BCUT2D eigenvalue weighted by atomic mass is 32.1. The van der Waals surface area contributed by atoms with Crippen molar-refractivity contribution in [2.45, 2.75) is 32.3 Å². The molecule has 0 amide bonds. The lowest BCUT2D eigenvalue weighted by Gasteiger charge is -2.25. The predicted octanol–water partition coefficient (Wildman–Crippen LogP) is 2.20. The molecule has 1 rings (SSSR count). The molecule has 1 aromatic rings. The molecule has 0 saturated carbocycles. The first-order valence-corrected chi connectivity index (χ1v) is 6.00. The summed E-state index contributed by atoms with van der Waals surface area (Å²) in [5, 5.41) is 12.1. The van der Waals surface area contributed by atoms with Crippen LogP contribution in [0, 0.1) is 5.92 Å². The maximum absolute atomic E-state index is 10.1. The summed E-state index contributed by atoms with van der Waals surface area (Å²) in [5.74, 6) is 0.413. The van der Waals surface area contributed by atoms with Gasteiger partial charge in [0.2, 0.25) is 0 Å². The van der Waals surface area contributed by atoms with Crippen LogP contribution in [0.5, 0.6) is 0 Å². The van der Waals surface area contributed by atoms with Gasteiger partial charge in [-0.25, -0.2) is 0 Å². The Balaban J connectivity index is 2.72. The van der Waals surface area contributed by atoms with Gasteiger partial charge in [-0.1, -0.05) is 26.3 Å². The van der Waals surface area contributed by atoms with Gasteiger partial charge in [-0.3, -0.25) is 0 Å². The molecular weight excluding hydrogens is 194 g/mol. The number of nitrogens with two attached hydrogens (primary N) is 1. The molecule has 3 atom stereocenters. The Morgan fingerprint density at radius 3 is 2.71 bits per heavy atom. The number of hydrogen-bond acceptors (Lipinski definition) is 3. The fourth-order valence-corrected chi connectivity index (χ4v) is 2.45. The largest absolute Gasteiger partial charge is 0.392 e. The molecule has 0 radical (unpaired) electrons. The molecule has 1 heterocycles. The number of rotatable bonds is 5. The minimum absolute atomic E-state index is 0.102. The number of thiophene rings is 1. The van der Waals surface area contributed by atoms with E-state index in [0.717, 1.165) is 6.42 Å². The van der Waals surface area contributed by atoms with Crippen LogP contribution in [0.25, 0.3) is 0 Å². The van der Waals surface area contributed by atoms with Gasteiger partial charge < -0.3 is 10.8 Å². The van der Waals surface area contributed by atoms with Crippen LogP contribution in [-0.2, 0) is 0 Å². The molecule has 0 aliphatic rings. The lowest BCUT2D eigenvalue weighted by molar-refractivity contribution is 0.0897. The summed E-state index contributed by atoms with van der Waals surface area (Å²) >= 11 is 1.67. The zero-order valence-corrected chi connectivity index (χ0v) is 9.63. The van der Waals surface area contributed by atoms with Gasteiger partial charge in [-0.05, 0) is 17.4 Å². The molecule has 0 spiro atoms. The van der Waals surface area contributed by atoms with Crippen molar-refractivity contribution >= 4 is 11.3 Å². The van der Waals surface area contributed by atoms with Crippen LogP contribution >= 0.6 is 11.3 Å². The van der Waals surface area contributed by atoms with Gasteiger partial charge in [0.25, 0.3) is 0 Å². The highest BCUT2D eigenvalue weighted by Crippen LogP contribution is 2.28. The Morgan fingerprint density at radius 2 is 2.29 bits per heavy atom. The molecule has 0 fully saturated rings. The highest BCUT2D eigenvalue weighted by molar-refractivity contribution is 7.10. The lowest BCUT2D eigenvalue weighted by Crippen LogP contribution is -2.30. The van der Waals surface area contributed by atoms with Crippen LogP contribution in [0.3, 0.4) is 0 Å². The van der Waals surface area contributed by atoms with Crippen LogP contribution < -0.4 is 5.73 Å². The summed E-state index contributed by atoms with van der Waals surface area (Å²) in [5.41, 5.74) is 5.70. The van der Waals surface area contributed by atoms with E-state index in [0.29, 0.717) is 12.5 Å². The van der Waals surface area contributed by atoms with E-state index in [2.05, 4.69) is 13.8 Å². The molecule has 14 heavy (non-hydrogen) atoms. The molecule has 2 nitrogen and oxygen atoms in total. The van der Waals surface area contributed by atoms with E-state index in [-0.39, 0.29) is 12.0 Å². The zero-order chi connectivity index (χ0) is 10.6. The first-order valence-electron chi connectivity index (χ1n) is 5.12. The Labute approximate surface area is 89.8 Å². The van der Waals surface area contributed by atoms with Crippen molar-refractivity contribution in [3.8, 4) is 0 Å². The van der Waals surface area contributed by atoms with Gasteiger partial charge in [0.15, 0.2) is 0 Å². The number of hydrogen-bond donors (Lipinski definition) is 2. The van der Waals surface area contributed by atoms with Crippen molar-refractivity contribution in [2.24, 2.45) is 11.7 Å². The molecular formula is C11H19NOS. The third kappa shape index (κ3) is 2.56. The monoisotopic (exact) mass is 213 g/mol. The van der Waals surface area contributed by atoms with Crippen LogP contribution in [0.2, 0.25) is 0 Å². The Kier molecular flexibility index (Phi) is 4.58. The quantitative estimate of drug-likeness (QED) is 0.787. The summed E-state index contributed by atoms with van der Waals surface area (Å²) in [4.78, 5) is 1.19. The van der Waals surface area contributed by atoms with Crippen LogP contribution in [0.4, 0.5) is 0 Å². The molecule has 0 aliphatic heterocycles. The van der Waals surface area contributed by atoms with Crippen molar-refractivity contribution in [1.29, 1.82) is 0 Å². The number of aliphatic hydroxyl groups is 1. The van der Waals surface area contributed by atoms with E-state index < -0.39 is 0 Å². The van der Waals surface area contributed by atoms with Crippen molar-refractivity contribution in [3.63, 3.8) is 0 Å². The minimum Gasteiger partial charge on any atom is -0.392 e. The van der Waals surface area contributed by atoms with Crippen molar-refractivity contribution in [3.05, 3.63) is 22.4 Å².